The summed E-state index contributed by atoms with van der Waals surface area (Å²) in [6.07, 6.45) is 9.33. The van der Waals surface area contributed by atoms with Gasteiger partial charge in [0.25, 0.3) is 0 Å². The van der Waals surface area contributed by atoms with Gasteiger partial charge in [-0.05, 0) is 42.4 Å². The van der Waals surface area contributed by atoms with Crippen molar-refractivity contribution in [3.63, 3.8) is 0 Å². The van der Waals surface area contributed by atoms with Gasteiger partial charge in [-0.15, -0.1) is 0 Å². The van der Waals surface area contributed by atoms with E-state index in [4.69, 9.17) is 0 Å². The van der Waals surface area contributed by atoms with Crippen molar-refractivity contribution in [3.05, 3.63) is 29.8 Å². The van der Waals surface area contributed by atoms with Crippen LogP contribution >= 0.6 is 0 Å². The van der Waals surface area contributed by atoms with Gasteiger partial charge in [-0.2, -0.15) is 0 Å². The van der Waals surface area contributed by atoms with Crippen LogP contribution in [0.15, 0.2) is 24.3 Å². The molecular weight excluding hydrogens is 300 g/mol. The largest absolute Gasteiger partial charge is 0.508 e. The summed E-state index contributed by atoms with van der Waals surface area (Å²) in [4.78, 5) is 12.3. The first kappa shape index (κ1) is 20.5. The first-order valence-electron chi connectivity index (χ1n) is 9.52. The van der Waals surface area contributed by atoms with Gasteiger partial charge >= 0.3 is 5.97 Å². The number of carboxylic acid groups (broad SMARTS) is 1. The van der Waals surface area contributed by atoms with E-state index >= 15 is 0 Å². The van der Waals surface area contributed by atoms with Crippen molar-refractivity contribution in [2.45, 2.75) is 84.5 Å². The van der Waals surface area contributed by atoms with Crippen LogP contribution in [0.3, 0.4) is 0 Å². The van der Waals surface area contributed by atoms with E-state index in [0.29, 0.717) is 0 Å². The third-order valence-corrected chi connectivity index (χ3v) is 5.17. The summed E-state index contributed by atoms with van der Waals surface area (Å²) in [6, 6.07) is 6.78. The lowest BCUT2D eigenvalue weighted by Gasteiger charge is -2.40. The molecule has 0 aliphatic carbocycles. The molecule has 1 unspecified atom stereocenters. The van der Waals surface area contributed by atoms with E-state index in [1.165, 1.54) is 0 Å². The van der Waals surface area contributed by atoms with Crippen molar-refractivity contribution in [2.24, 2.45) is 5.41 Å². The van der Waals surface area contributed by atoms with Crippen molar-refractivity contribution in [2.75, 3.05) is 0 Å². The first-order valence-corrected chi connectivity index (χ1v) is 9.52. The molecule has 0 saturated carbocycles. The van der Waals surface area contributed by atoms with Gasteiger partial charge in [-0.1, -0.05) is 71.4 Å². The zero-order chi connectivity index (χ0) is 18.0. The molecule has 0 bridgehead atoms. The monoisotopic (exact) mass is 334 g/mol. The van der Waals surface area contributed by atoms with Gasteiger partial charge in [0.05, 0.1) is 5.92 Å². The number of aliphatic carboxylic acids is 1. The summed E-state index contributed by atoms with van der Waals surface area (Å²) < 4.78 is 0. The second-order valence-electron chi connectivity index (χ2n) is 7.04. The van der Waals surface area contributed by atoms with Gasteiger partial charge in [0.15, 0.2) is 0 Å². The molecule has 0 spiro atoms. The second-order valence-corrected chi connectivity index (χ2v) is 7.04. The molecule has 0 amide bonds. The number of rotatable bonds is 12. The van der Waals surface area contributed by atoms with Gasteiger partial charge in [0.1, 0.15) is 5.75 Å². The third-order valence-electron chi connectivity index (χ3n) is 5.17. The quantitative estimate of drug-likeness (QED) is 0.484. The standard InChI is InChI=1S/C21H34O3/c1-4-7-14-21(15-8-5-2,16-9-6-3)19(20(23)24)17-10-12-18(22)13-11-17/h10-13,19,22H,4-9,14-16H2,1-3H3,(H,23,24). The highest BCUT2D eigenvalue weighted by Gasteiger charge is 2.42. The molecule has 1 atom stereocenters. The summed E-state index contributed by atoms with van der Waals surface area (Å²) >= 11 is 0. The van der Waals surface area contributed by atoms with Gasteiger partial charge in [-0.25, -0.2) is 0 Å². The van der Waals surface area contributed by atoms with Crippen molar-refractivity contribution in [3.8, 4) is 5.75 Å². The summed E-state index contributed by atoms with van der Waals surface area (Å²) in [7, 11) is 0. The normalized spacial score (nSPS) is 13.0. The average Bonchev–Trinajstić information content (AvgIpc) is 2.57. The molecule has 0 fully saturated rings. The highest BCUT2D eigenvalue weighted by molar-refractivity contribution is 5.77. The lowest BCUT2D eigenvalue weighted by atomic mass is 9.63. The van der Waals surface area contributed by atoms with E-state index in [9.17, 15) is 15.0 Å². The smallest absolute Gasteiger partial charge is 0.311 e. The molecule has 1 aromatic rings. The Morgan fingerprint density at radius 1 is 0.917 bits per heavy atom. The lowest BCUT2D eigenvalue weighted by Crippen LogP contribution is -2.34. The molecule has 0 saturated heterocycles. The fourth-order valence-corrected chi connectivity index (χ4v) is 3.82. The fourth-order valence-electron chi connectivity index (χ4n) is 3.82. The minimum absolute atomic E-state index is 0.184. The number of phenolic OH excluding ortho intramolecular Hbond substituents is 1. The van der Waals surface area contributed by atoms with E-state index in [0.717, 1.165) is 63.4 Å². The summed E-state index contributed by atoms with van der Waals surface area (Å²) in [5, 5.41) is 19.6. The Balaban J connectivity index is 3.29. The summed E-state index contributed by atoms with van der Waals surface area (Å²) in [5.41, 5.74) is 0.633. The highest BCUT2D eigenvalue weighted by Crippen LogP contribution is 2.48. The number of hydrogen-bond acceptors (Lipinski definition) is 2. The van der Waals surface area contributed by atoms with E-state index < -0.39 is 11.9 Å². The Bertz CT molecular complexity index is 457. The molecule has 1 aromatic carbocycles. The third kappa shape index (κ3) is 5.54. The van der Waals surface area contributed by atoms with Crippen molar-refractivity contribution in [1.82, 2.24) is 0 Å². The van der Waals surface area contributed by atoms with Crippen LogP contribution in [0, 0.1) is 5.41 Å². The minimum atomic E-state index is -0.732. The minimum Gasteiger partial charge on any atom is -0.508 e. The van der Waals surface area contributed by atoms with Crippen LogP contribution in [0.4, 0.5) is 0 Å². The number of benzene rings is 1. The van der Waals surface area contributed by atoms with Crippen LogP contribution in [0.5, 0.6) is 5.75 Å². The number of carboxylic acids is 1. The Kier molecular flexibility index (Phi) is 8.88. The Hall–Kier alpha value is -1.51. The van der Waals surface area contributed by atoms with Crippen LogP contribution in [-0.2, 0) is 4.79 Å². The van der Waals surface area contributed by atoms with Gasteiger partial charge in [0.2, 0.25) is 0 Å². The van der Waals surface area contributed by atoms with Crippen LogP contribution < -0.4 is 0 Å². The average molecular weight is 334 g/mol. The Morgan fingerprint density at radius 3 is 1.67 bits per heavy atom. The second kappa shape index (κ2) is 10.4. The number of carbonyl (C=O) groups is 1. The van der Waals surface area contributed by atoms with Crippen molar-refractivity contribution < 1.29 is 15.0 Å². The van der Waals surface area contributed by atoms with Crippen molar-refractivity contribution in [1.29, 1.82) is 0 Å². The Morgan fingerprint density at radius 2 is 1.33 bits per heavy atom. The maximum atomic E-state index is 12.3. The van der Waals surface area contributed by atoms with Crippen molar-refractivity contribution >= 4 is 5.97 Å². The first-order chi connectivity index (χ1) is 11.5. The summed E-state index contributed by atoms with van der Waals surface area (Å²) in [5.74, 6) is -1.05. The fraction of sp³-hybridized carbons (Fsp3) is 0.667. The predicted octanol–water partition coefficient (Wildman–Crippen LogP) is 6.12. The van der Waals surface area contributed by atoms with E-state index in [1.807, 2.05) is 0 Å². The zero-order valence-corrected chi connectivity index (χ0v) is 15.6. The van der Waals surface area contributed by atoms with Gasteiger partial charge in [-0.3, -0.25) is 4.79 Å². The molecule has 2 N–H and O–H groups in total. The van der Waals surface area contributed by atoms with Crippen LogP contribution in [0.25, 0.3) is 0 Å². The molecule has 3 heteroatoms. The molecule has 0 aromatic heterocycles. The molecule has 0 aliphatic rings. The van der Waals surface area contributed by atoms with E-state index in [-0.39, 0.29) is 11.2 Å². The maximum Gasteiger partial charge on any atom is 0.311 e. The molecule has 136 valence electrons. The van der Waals surface area contributed by atoms with Crippen LogP contribution in [0.1, 0.15) is 90.0 Å². The maximum absolute atomic E-state index is 12.3. The molecular formula is C21H34O3. The molecule has 1 rings (SSSR count). The number of hydrogen-bond donors (Lipinski definition) is 2. The number of aromatic hydroxyl groups is 1. The molecule has 0 radical (unpaired) electrons. The van der Waals surface area contributed by atoms with E-state index in [1.54, 1.807) is 24.3 Å². The molecule has 24 heavy (non-hydrogen) atoms. The number of unbranched alkanes of at least 4 members (excludes halogenated alkanes) is 3. The topological polar surface area (TPSA) is 57.5 Å². The van der Waals surface area contributed by atoms with E-state index in [2.05, 4.69) is 20.8 Å². The van der Waals surface area contributed by atoms with Gasteiger partial charge in [0, 0.05) is 0 Å². The molecule has 3 nitrogen and oxygen atoms in total. The predicted molar refractivity (Wildman–Crippen MR) is 99.5 cm³/mol. The van der Waals surface area contributed by atoms with Gasteiger partial charge < -0.3 is 10.2 Å². The molecule has 0 aliphatic heterocycles. The summed E-state index contributed by atoms with van der Waals surface area (Å²) in [6.45, 7) is 6.50. The SMILES string of the molecule is CCCCC(CCCC)(CCCC)C(C(=O)O)c1ccc(O)cc1. The highest BCUT2D eigenvalue weighted by atomic mass is 16.4. The lowest BCUT2D eigenvalue weighted by molar-refractivity contribution is -0.143. The molecule has 0 heterocycles. The van der Waals surface area contributed by atoms with Crippen LogP contribution in [0.2, 0.25) is 0 Å². The Labute approximate surface area is 147 Å². The zero-order valence-electron chi connectivity index (χ0n) is 15.6. The van der Waals surface area contributed by atoms with Crippen LogP contribution in [-0.4, -0.2) is 16.2 Å². The number of phenols is 1.